The van der Waals surface area contributed by atoms with E-state index >= 15 is 0 Å². The predicted molar refractivity (Wildman–Crippen MR) is 67.6 cm³/mol. The second kappa shape index (κ2) is 5.78. The molecule has 1 aliphatic carbocycles. The Morgan fingerprint density at radius 2 is 1.56 bits per heavy atom. The molecule has 0 amide bonds. The minimum atomic E-state index is -4.01. The molecule has 0 radical (unpaired) electrons. The van der Waals surface area contributed by atoms with Crippen LogP contribution in [0, 0.1) is 5.92 Å². The molecule has 0 spiro atoms. The van der Waals surface area contributed by atoms with Gasteiger partial charge in [-0.1, -0.05) is 0 Å². The first-order chi connectivity index (χ1) is 8.13. The van der Waals surface area contributed by atoms with Crippen molar-refractivity contribution in [1.82, 2.24) is 10.2 Å². The van der Waals surface area contributed by atoms with E-state index < -0.39 is 12.1 Å². The predicted octanol–water partition coefficient (Wildman–Crippen LogP) is 3.04. The van der Waals surface area contributed by atoms with E-state index in [2.05, 4.69) is 24.1 Å². The van der Waals surface area contributed by atoms with Crippen molar-refractivity contribution in [1.29, 1.82) is 0 Å². The third-order valence-electron chi connectivity index (χ3n) is 4.22. The zero-order valence-electron chi connectivity index (χ0n) is 11.8. The van der Waals surface area contributed by atoms with Gasteiger partial charge in [0.1, 0.15) is 0 Å². The molecule has 1 fully saturated rings. The number of hydrogen-bond donors (Lipinski definition) is 1. The van der Waals surface area contributed by atoms with Gasteiger partial charge in [-0.25, -0.2) is 0 Å². The summed E-state index contributed by atoms with van der Waals surface area (Å²) >= 11 is 0. The summed E-state index contributed by atoms with van der Waals surface area (Å²) in [6, 6.07) is 0.239. The van der Waals surface area contributed by atoms with Crippen LogP contribution < -0.4 is 5.32 Å². The van der Waals surface area contributed by atoms with Crippen LogP contribution in [0.4, 0.5) is 13.2 Å². The van der Waals surface area contributed by atoms with E-state index in [0.29, 0.717) is 12.8 Å². The molecule has 0 unspecified atom stereocenters. The maximum Gasteiger partial charge on any atom is 0.391 e. The monoisotopic (exact) mass is 266 g/mol. The van der Waals surface area contributed by atoms with Crippen molar-refractivity contribution in [2.75, 3.05) is 20.6 Å². The van der Waals surface area contributed by atoms with E-state index in [1.807, 2.05) is 14.1 Å². The molecule has 1 N–H and O–H groups in total. The molecular weight excluding hydrogens is 241 g/mol. The van der Waals surface area contributed by atoms with Gasteiger partial charge < -0.3 is 10.2 Å². The fourth-order valence-corrected chi connectivity index (χ4v) is 2.18. The molecule has 0 aromatic carbocycles. The van der Waals surface area contributed by atoms with Gasteiger partial charge in [0.2, 0.25) is 0 Å². The van der Waals surface area contributed by atoms with Gasteiger partial charge >= 0.3 is 6.18 Å². The minimum absolute atomic E-state index is 0.0286. The highest BCUT2D eigenvalue weighted by Gasteiger charge is 2.41. The van der Waals surface area contributed by atoms with Gasteiger partial charge in [-0.2, -0.15) is 13.2 Å². The molecule has 0 aliphatic heterocycles. The van der Waals surface area contributed by atoms with Crippen LogP contribution in [0.5, 0.6) is 0 Å². The highest BCUT2D eigenvalue weighted by atomic mass is 19.4. The van der Waals surface area contributed by atoms with Crippen molar-refractivity contribution in [2.45, 2.75) is 57.3 Å². The van der Waals surface area contributed by atoms with Crippen LogP contribution in [-0.2, 0) is 0 Å². The molecule has 0 aromatic heterocycles. The Bertz CT molecular complexity index is 253. The summed E-state index contributed by atoms with van der Waals surface area (Å²) in [5, 5.41) is 3.41. The lowest BCUT2D eigenvalue weighted by Gasteiger charge is -2.36. The third kappa shape index (κ3) is 4.43. The molecule has 0 atom stereocenters. The van der Waals surface area contributed by atoms with E-state index in [-0.39, 0.29) is 24.4 Å². The molecular formula is C13H25F3N2. The molecule has 0 saturated heterocycles. The van der Waals surface area contributed by atoms with Crippen molar-refractivity contribution in [2.24, 2.45) is 5.92 Å². The SMILES string of the molecule is CN(C)C(C)(C)CNC1CCC(C(F)(F)F)CC1. The number of halogens is 3. The zero-order valence-corrected chi connectivity index (χ0v) is 11.8. The van der Waals surface area contributed by atoms with Crippen LogP contribution in [-0.4, -0.2) is 43.3 Å². The minimum Gasteiger partial charge on any atom is -0.312 e. The Hall–Kier alpha value is -0.290. The average Bonchev–Trinajstić information content (AvgIpc) is 2.25. The second-order valence-corrected chi connectivity index (χ2v) is 6.18. The summed E-state index contributed by atoms with van der Waals surface area (Å²) in [6.07, 6.45) is -2.21. The van der Waals surface area contributed by atoms with Gasteiger partial charge in [0.25, 0.3) is 0 Å². The fourth-order valence-electron chi connectivity index (χ4n) is 2.18. The second-order valence-electron chi connectivity index (χ2n) is 6.18. The van der Waals surface area contributed by atoms with Crippen LogP contribution in [0.2, 0.25) is 0 Å². The molecule has 5 heteroatoms. The van der Waals surface area contributed by atoms with Gasteiger partial charge in [-0.15, -0.1) is 0 Å². The fraction of sp³-hybridized carbons (Fsp3) is 1.00. The molecule has 1 saturated carbocycles. The van der Waals surface area contributed by atoms with Crippen molar-refractivity contribution >= 4 is 0 Å². The third-order valence-corrected chi connectivity index (χ3v) is 4.22. The normalized spacial score (nSPS) is 26.7. The Kier molecular flexibility index (Phi) is 5.06. The van der Waals surface area contributed by atoms with Crippen LogP contribution in [0.15, 0.2) is 0 Å². The quantitative estimate of drug-likeness (QED) is 0.841. The Labute approximate surface area is 108 Å². The summed E-state index contributed by atoms with van der Waals surface area (Å²) in [4.78, 5) is 2.13. The molecule has 0 heterocycles. The lowest BCUT2D eigenvalue weighted by Crippen LogP contribution is -2.50. The van der Waals surface area contributed by atoms with Crippen LogP contribution in [0.3, 0.4) is 0 Å². The number of nitrogens with zero attached hydrogens (tertiary/aromatic N) is 1. The topological polar surface area (TPSA) is 15.3 Å². The molecule has 2 nitrogen and oxygen atoms in total. The van der Waals surface area contributed by atoms with E-state index in [4.69, 9.17) is 0 Å². The molecule has 1 rings (SSSR count). The van der Waals surface area contributed by atoms with Crippen molar-refractivity contribution in [3.63, 3.8) is 0 Å². The Balaban J connectivity index is 2.32. The van der Waals surface area contributed by atoms with Crippen LogP contribution in [0.25, 0.3) is 0 Å². The first kappa shape index (κ1) is 15.8. The van der Waals surface area contributed by atoms with Gasteiger partial charge in [0.15, 0.2) is 0 Å². The highest BCUT2D eigenvalue weighted by molar-refractivity contribution is 4.85. The van der Waals surface area contributed by atoms with E-state index in [1.54, 1.807) is 0 Å². The lowest BCUT2D eigenvalue weighted by atomic mass is 9.85. The molecule has 0 bridgehead atoms. The lowest BCUT2D eigenvalue weighted by molar-refractivity contribution is -0.182. The first-order valence-electron chi connectivity index (χ1n) is 6.60. The summed E-state index contributed by atoms with van der Waals surface area (Å²) in [5.74, 6) is -1.09. The molecule has 1 aliphatic rings. The number of hydrogen-bond acceptors (Lipinski definition) is 2. The van der Waals surface area contributed by atoms with Crippen molar-refractivity contribution in [3.05, 3.63) is 0 Å². The zero-order chi connectivity index (χ0) is 14.0. The van der Waals surface area contributed by atoms with Gasteiger partial charge in [0.05, 0.1) is 5.92 Å². The number of likely N-dealkylation sites (N-methyl/N-ethyl adjacent to an activating group) is 1. The van der Waals surface area contributed by atoms with Crippen LogP contribution in [0.1, 0.15) is 39.5 Å². The van der Waals surface area contributed by atoms with E-state index in [9.17, 15) is 13.2 Å². The van der Waals surface area contributed by atoms with Gasteiger partial charge in [0, 0.05) is 18.1 Å². The van der Waals surface area contributed by atoms with Crippen LogP contribution >= 0.6 is 0 Å². The van der Waals surface area contributed by atoms with E-state index in [0.717, 1.165) is 6.54 Å². The molecule has 108 valence electrons. The molecule has 18 heavy (non-hydrogen) atoms. The maximum atomic E-state index is 12.5. The maximum absolute atomic E-state index is 12.5. The number of rotatable bonds is 4. The summed E-state index contributed by atoms with van der Waals surface area (Å²) in [7, 11) is 4.03. The first-order valence-corrected chi connectivity index (χ1v) is 6.60. The Morgan fingerprint density at radius 1 is 1.06 bits per heavy atom. The highest BCUT2D eigenvalue weighted by Crippen LogP contribution is 2.37. The van der Waals surface area contributed by atoms with Gasteiger partial charge in [-0.05, 0) is 53.6 Å². The van der Waals surface area contributed by atoms with Gasteiger partial charge in [-0.3, -0.25) is 0 Å². The number of alkyl halides is 3. The summed E-state index contributed by atoms with van der Waals surface area (Å²) < 4.78 is 37.6. The van der Waals surface area contributed by atoms with E-state index in [1.165, 1.54) is 0 Å². The van der Waals surface area contributed by atoms with Crippen molar-refractivity contribution in [3.8, 4) is 0 Å². The molecule has 0 aromatic rings. The Morgan fingerprint density at radius 3 is 1.94 bits per heavy atom. The smallest absolute Gasteiger partial charge is 0.312 e. The summed E-state index contributed by atoms with van der Waals surface area (Å²) in [6.45, 7) is 5.06. The largest absolute Gasteiger partial charge is 0.391 e. The number of nitrogens with one attached hydrogen (secondary N) is 1. The standard InChI is InChI=1S/C13H25F3N2/c1-12(2,18(3)4)9-17-11-7-5-10(6-8-11)13(14,15)16/h10-11,17H,5-9H2,1-4H3. The van der Waals surface area contributed by atoms with Crippen molar-refractivity contribution < 1.29 is 13.2 Å². The summed E-state index contributed by atoms with van der Waals surface area (Å²) in [5.41, 5.74) is 0.0286. The average molecular weight is 266 g/mol.